The van der Waals surface area contributed by atoms with Crippen molar-refractivity contribution in [3.8, 4) is 23.6 Å². The first-order chi connectivity index (χ1) is 9.97. The Labute approximate surface area is 118 Å². The molecular formula is C15H8F3N3. The lowest BCUT2D eigenvalue weighted by Gasteiger charge is -2.08. The number of terminal acetylenes is 1. The van der Waals surface area contributed by atoms with E-state index < -0.39 is 11.7 Å². The van der Waals surface area contributed by atoms with Crippen molar-refractivity contribution in [1.29, 1.82) is 0 Å². The number of nitrogens with zero attached hydrogens (tertiary/aromatic N) is 3. The van der Waals surface area contributed by atoms with Crippen molar-refractivity contribution in [3.63, 3.8) is 0 Å². The second-order valence-corrected chi connectivity index (χ2v) is 4.37. The van der Waals surface area contributed by atoms with Gasteiger partial charge in [-0.05, 0) is 24.1 Å². The fraction of sp³-hybridized carbons (Fsp3) is 0.0667. The number of hydrogen-bond acceptors (Lipinski definition) is 2. The zero-order valence-electron chi connectivity index (χ0n) is 10.6. The average Bonchev–Trinajstić information content (AvgIpc) is 2.88. The summed E-state index contributed by atoms with van der Waals surface area (Å²) in [5.41, 5.74) is 1.01. The fourth-order valence-electron chi connectivity index (χ4n) is 1.97. The van der Waals surface area contributed by atoms with Gasteiger partial charge in [0.1, 0.15) is 5.69 Å². The van der Waals surface area contributed by atoms with Crippen LogP contribution in [0.4, 0.5) is 13.2 Å². The van der Waals surface area contributed by atoms with Gasteiger partial charge in [0, 0.05) is 17.8 Å². The second-order valence-electron chi connectivity index (χ2n) is 4.37. The molecule has 0 bridgehead atoms. The number of rotatable bonds is 1. The van der Waals surface area contributed by atoms with Gasteiger partial charge in [0.25, 0.3) is 0 Å². The number of fused-ring (bicyclic) bond motifs is 1. The number of hydrogen-bond donors (Lipinski definition) is 0. The van der Waals surface area contributed by atoms with Gasteiger partial charge in [0.2, 0.25) is 0 Å². The minimum absolute atomic E-state index is 0.385. The number of benzene rings is 1. The van der Waals surface area contributed by atoms with Crippen molar-refractivity contribution in [2.45, 2.75) is 6.18 Å². The molecule has 21 heavy (non-hydrogen) atoms. The van der Waals surface area contributed by atoms with Crippen molar-refractivity contribution < 1.29 is 13.2 Å². The summed E-state index contributed by atoms with van der Waals surface area (Å²) in [5.74, 6) is 2.38. The van der Waals surface area contributed by atoms with Crippen molar-refractivity contribution >= 4 is 5.65 Å². The summed E-state index contributed by atoms with van der Waals surface area (Å²) in [5, 5.41) is 4.06. The van der Waals surface area contributed by atoms with Crippen LogP contribution in [0.25, 0.3) is 16.9 Å². The highest BCUT2D eigenvalue weighted by Crippen LogP contribution is 2.31. The second kappa shape index (κ2) is 4.63. The lowest BCUT2D eigenvalue weighted by atomic mass is 10.1. The van der Waals surface area contributed by atoms with Crippen LogP contribution in [-0.4, -0.2) is 14.6 Å². The fourth-order valence-corrected chi connectivity index (χ4v) is 1.97. The topological polar surface area (TPSA) is 30.2 Å². The molecule has 0 unspecified atom stereocenters. The normalized spacial score (nSPS) is 11.5. The van der Waals surface area contributed by atoms with E-state index in [9.17, 15) is 13.2 Å². The SMILES string of the molecule is C#Cc1cc2nc(-c3cccc(C(F)(F)F)c3)ccn2n1. The van der Waals surface area contributed by atoms with Gasteiger partial charge in [0.15, 0.2) is 5.65 Å². The van der Waals surface area contributed by atoms with Gasteiger partial charge in [-0.1, -0.05) is 12.1 Å². The quantitative estimate of drug-likeness (QED) is 0.642. The van der Waals surface area contributed by atoms with E-state index in [1.165, 1.54) is 10.6 Å². The Morgan fingerprint density at radius 1 is 1.14 bits per heavy atom. The first-order valence-corrected chi connectivity index (χ1v) is 5.98. The zero-order chi connectivity index (χ0) is 15.0. The Kier molecular flexibility index (Phi) is 2.91. The van der Waals surface area contributed by atoms with Crippen molar-refractivity contribution in [2.75, 3.05) is 0 Å². The highest BCUT2D eigenvalue weighted by atomic mass is 19.4. The zero-order valence-corrected chi connectivity index (χ0v) is 10.6. The molecule has 3 aromatic rings. The highest BCUT2D eigenvalue weighted by molar-refractivity contribution is 5.62. The number of alkyl halides is 3. The molecule has 0 spiro atoms. The van der Waals surface area contributed by atoms with Crippen LogP contribution in [0.5, 0.6) is 0 Å². The molecule has 0 aliphatic heterocycles. The molecular weight excluding hydrogens is 279 g/mol. The molecule has 0 fully saturated rings. The monoisotopic (exact) mass is 287 g/mol. The summed E-state index contributed by atoms with van der Waals surface area (Å²) in [6.07, 6.45) is 2.48. The summed E-state index contributed by atoms with van der Waals surface area (Å²) in [6, 6.07) is 8.21. The van der Waals surface area contributed by atoms with Gasteiger partial charge in [-0.15, -0.1) is 6.42 Å². The van der Waals surface area contributed by atoms with Crippen LogP contribution in [0.2, 0.25) is 0 Å². The maximum Gasteiger partial charge on any atom is 0.416 e. The van der Waals surface area contributed by atoms with E-state index in [1.54, 1.807) is 24.4 Å². The minimum atomic E-state index is -4.38. The molecule has 2 heterocycles. The molecule has 3 rings (SSSR count). The molecule has 104 valence electrons. The van der Waals surface area contributed by atoms with Gasteiger partial charge in [-0.25, -0.2) is 9.50 Å². The summed E-state index contributed by atoms with van der Waals surface area (Å²) in [6.45, 7) is 0. The minimum Gasteiger partial charge on any atom is -0.228 e. The van der Waals surface area contributed by atoms with Crippen LogP contribution >= 0.6 is 0 Å². The molecule has 0 saturated carbocycles. The van der Waals surface area contributed by atoms with E-state index >= 15 is 0 Å². The predicted molar refractivity (Wildman–Crippen MR) is 71.4 cm³/mol. The van der Waals surface area contributed by atoms with Crippen molar-refractivity contribution in [2.24, 2.45) is 0 Å². The van der Waals surface area contributed by atoms with Gasteiger partial charge in [-0.3, -0.25) is 0 Å². The van der Waals surface area contributed by atoms with E-state index in [4.69, 9.17) is 6.42 Å². The molecule has 0 aliphatic carbocycles. The molecule has 0 atom stereocenters. The van der Waals surface area contributed by atoms with Crippen LogP contribution in [-0.2, 0) is 6.18 Å². The third kappa shape index (κ3) is 2.46. The molecule has 2 aromatic heterocycles. The number of halogens is 3. The molecule has 6 heteroatoms. The largest absolute Gasteiger partial charge is 0.416 e. The van der Waals surface area contributed by atoms with Crippen molar-refractivity contribution in [3.05, 3.63) is 53.9 Å². The number of aromatic nitrogens is 3. The van der Waals surface area contributed by atoms with Crippen LogP contribution in [0.1, 0.15) is 11.3 Å². The average molecular weight is 287 g/mol. The Morgan fingerprint density at radius 3 is 2.67 bits per heavy atom. The lowest BCUT2D eigenvalue weighted by molar-refractivity contribution is -0.137. The maximum absolute atomic E-state index is 12.7. The molecule has 0 saturated heterocycles. The first kappa shape index (κ1) is 13.2. The third-order valence-corrected chi connectivity index (χ3v) is 2.96. The Morgan fingerprint density at radius 2 is 1.95 bits per heavy atom. The smallest absolute Gasteiger partial charge is 0.228 e. The van der Waals surface area contributed by atoms with E-state index in [1.807, 2.05) is 0 Å². The summed E-state index contributed by atoms with van der Waals surface area (Å²) >= 11 is 0. The van der Waals surface area contributed by atoms with E-state index in [0.29, 0.717) is 22.6 Å². The van der Waals surface area contributed by atoms with Crippen molar-refractivity contribution in [1.82, 2.24) is 14.6 Å². The summed E-state index contributed by atoms with van der Waals surface area (Å²) < 4.78 is 39.7. The lowest BCUT2D eigenvalue weighted by Crippen LogP contribution is -2.04. The van der Waals surface area contributed by atoms with Gasteiger partial charge < -0.3 is 0 Å². The first-order valence-electron chi connectivity index (χ1n) is 5.98. The molecule has 0 N–H and O–H groups in total. The van der Waals surface area contributed by atoms with Gasteiger partial charge in [0.05, 0.1) is 11.3 Å². The van der Waals surface area contributed by atoms with Crippen LogP contribution < -0.4 is 0 Å². The predicted octanol–water partition coefficient (Wildman–Crippen LogP) is 3.40. The van der Waals surface area contributed by atoms with Crippen LogP contribution in [0, 0.1) is 12.3 Å². The molecule has 0 aliphatic rings. The van der Waals surface area contributed by atoms with Crippen LogP contribution in [0.3, 0.4) is 0 Å². The summed E-state index contributed by atoms with van der Waals surface area (Å²) in [7, 11) is 0. The van der Waals surface area contributed by atoms with Gasteiger partial charge >= 0.3 is 6.18 Å². The highest BCUT2D eigenvalue weighted by Gasteiger charge is 2.30. The molecule has 3 nitrogen and oxygen atoms in total. The molecule has 0 amide bonds. The van der Waals surface area contributed by atoms with E-state index in [2.05, 4.69) is 16.0 Å². The Balaban J connectivity index is 2.10. The van der Waals surface area contributed by atoms with Crippen LogP contribution in [0.15, 0.2) is 42.6 Å². The Hall–Kier alpha value is -2.81. The maximum atomic E-state index is 12.7. The summed E-state index contributed by atoms with van der Waals surface area (Å²) in [4.78, 5) is 4.27. The molecule has 0 radical (unpaired) electrons. The standard InChI is InChI=1S/C15H8F3N3/c1-2-12-9-14-19-13(6-7-21(14)20-12)10-4-3-5-11(8-10)15(16,17)18/h1,3-9H. The van der Waals surface area contributed by atoms with E-state index in [0.717, 1.165) is 12.1 Å². The Bertz CT molecular complexity index is 856. The van der Waals surface area contributed by atoms with E-state index in [-0.39, 0.29) is 0 Å². The molecule has 1 aromatic carbocycles. The third-order valence-electron chi connectivity index (χ3n) is 2.96. The van der Waals surface area contributed by atoms with Gasteiger partial charge in [-0.2, -0.15) is 18.3 Å².